The highest BCUT2D eigenvalue weighted by atomic mass is 15.2. The standard InChI is InChI=1S/C7H8B3N5/c1-2-4-7-6(3-1)11-5-15(7)10-13-8-12-9-14-10/h1-5,12-14H/p+1. The predicted octanol–water partition coefficient (Wildman–Crippen LogP) is -1.86. The Morgan fingerprint density at radius 1 is 1.13 bits per heavy atom. The third-order valence-corrected chi connectivity index (χ3v) is 2.47. The van der Waals surface area contributed by atoms with Crippen LogP contribution in [-0.4, -0.2) is 27.2 Å². The van der Waals surface area contributed by atoms with Gasteiger partial charge in [0.2, 0.25) is 6.33 Å². The van der Waals surface area contributed by atoms with Crippen molar-refractivity contribution in [2.45, 2.75) is 0 Å². The Morgan fingerprint density at radius 2 is 1.93 bits per heavy atom. The van der Waals surface area contributed by atoms with Crippen molar-refractivity contribution in [2.24, 2.45) is 0 Å². The lowest BCUT2D eigenvalue weighted by atomic mass is 9.75. The predicted molar refractivity (Wildman–Crippen MR) is 60.6 cm³/mol. The van der Waals surface area contributed by atoms with Crippen molar-refractivity contribution in [3.8, 4) is 0 Å². The molecule has 2 heterocycles. The average molecular weight is 196 g/mol. The molecule has 1 fully saturated rings. The summed E-state index contributed by atoms with van der Waals surface area (Å²) in [6.07, 6.45) is 1.95. The number of imidazole rings is 1. The number of nitrogens with one attached hydrogen (secondary N) is 4. The number of hydrogen-bond acceptors (Lipinski definition) is 3. The number of benzene rings is 1. The van der Waals surface area contributed by atoms with Crippen LogP contribution in [0.4, 0.5) is 0 Å². The number of nitrogens with zero attached hydrogens (tertiary/aromatic N) is 1. The van der Waals surface area contributed by atoms with Gasteiger partial charge < -0.3 is 15.4 Å². The zero-order valence-corrected chi connectivity index (χ0v) is 8.07. The summed E-state index contributed by atoms with van der Waals surface area (Å²) in [7, 11) is 3.65. The molecule has 1 aliphatic heterocycles. The van der Waals surface area contributed by atoms with E-state index in [-0.39, 0.29) is 7.12 Å². The van der Waals surface area contributed by atoms with Crippen molar-refractivity contribution in [2.75, 3.05) is 0 Å². The molecule has 0 atom stereocenters. The Bertz CT molecular complexity index is 466. The van der Waals surface area contributed by atoms with Gasteiger partial charge in [0.05, 0.1) is 0 Å². The minimum atomic E-state index is 0.0439. The molecule has 4 N–H and O–H groups in total. The Balaban J connectivity index is 2.02. The zero-order valence-electron chi connectivity index (χ0n) is 8.07. The quantitative estimate of drug-likeness (QED) is 0.404. The first-order chi connectivity index (χ1) is 7.45. The lowest BCUT2D eigenvalue weighted by Crippen LogP contribution is -2.76. The number of rotatable bonds is 1. The van der Waals surface area contributed by atoms with Crippen LogP contribution in [0.15, 0.2) is 30.6 Å². The summed E-state index contributed by atoms with van der Waals surface area (Å²) >= 11 is 0. The van der Waals surface area contributed by atoms with Gasteiger partial charge in [-0.2, -0.15) is 0 Å². The van der Waals surface area contributed by atoms with E-state index in [0.29, 0.717) is 0 Å². The van der Waals surface area contributed by atoms with Crippen LogP contribution in [-0.2, 0) is 0 Å². The van der Waals surface area contributed by atoms with Gasteiger partial charge in [-0.3, -0.25) is 4.48 Å². The van der Waals surface area contributed by atoms with Crippen LogP contribution in [0.3, 0.4) is 0 Å². The molecule has 1 aromatic heterocycles. The van der Waals surface area contributed by atoms with E-state index in [1.165, 1.54) is 0 Å². The van der Waals surface area contributed by atoms with Crippen molar-refractivity contribution in [3.63, 3.8) is 0 Å². The summed E-state index contributed by atoms with van der Waals surface area (Å²) in [5.41, 5.74) is 2.28. The van der Waals surface area contributed by atoms with E-state index in [2.05, 4.69) is 37.0 Å². The molecule has 0 unspecified atom stereocenters. The van der Waals surface area contributed by atoms with Crippen molar-refractivity contribution in [1.82, 2.24) is 20.4 Å². The van der Waals surface area contributed by atoms with Crippen molar-refractivity contribution in [3.05, 3.63) is 30.6 Å². The summed E-state index contributed by atoms with van der Waals surface area (Å²) in [5.74, 6) is 0. The van der Waals surface area contributed by atoms with Crippen molar-refractivity contribution in [1.29, 1.82) is 0 Å². The molecule has 2 aromatic rings. The number of hydrogen-bond donors (Lipinski definition) is 4. The topological polar surface area (TPSA) is 55.8 Å². The smallest absolute Gasteiger partial charge is 0.379 e. The van der Waals surface area contributed by atoms with Gasteiger partial charge in [-0.15, -0.1) is 0 Å². The molecule has 0 amide bonds. The lowest BCUT2D eigenvalue weighted by Gasteiger charge is -2.16. The second-order valence-corrected chi connectivity index (χ2v) is 3.39. The monoisotopic (exact) mass is 196 g/mol. The molecular weight excluding hydrogens is 187 g/mol. The molecule has 1 saturated heterocycles. The minimum absolute atomic E-state index is 0.0439. The summed E-state index contributed by atoms with van der Waals surface area (Å²) in [4.78, 5) is 3.22. The van der Waals surface area contributed by atoms with Gasteiger partial charge in [0, 0.05) is 0 Å². The maximum absolute atomic E-state index is 3.22. The van der Waals surface area contributed by atoms with Crippen molar-refractivity contribution >= 4 is 33.2 Å². The first-order valence-corrected chi connectivity index (χ1v) is 4.84. The van der Waals surface area contributed by atoms with Gasteiger partial charge >= 0.3 is 7.12 Å². The third-order valence-electron chi connectivity index (χ3n) is 2.47. The fourth-order valence-electron chi connectivity index (χ4n) is 1.75. The summed E-state index contributed by atoms with van der Waals surface area (Å²) in [6, 6.07) is 8.18. The fourth-order valence-corrected chi connectivity index (χ4v) is 1.75. The van der Waals surface area contributed by atoms with Crippen LogP contribution in [0.2, 0.25) is 0 Å². The van der Waals surface area contributed by atoms with Gasteiger partial charge in [0.15, 0.2) is 11.0 Å². The average Bonchev–Trinajstić information content (AvgIpc) is 2.74. The Morgan fingerprint density at radius 3 is 2.80 bits per heavy atom. The molecule has 15 heavy (non-hydrogen) atoms. The second-order valence-electron chi connectivity index (χ2n) is 3.39. The van der Waals surface area contributed by atoms with E-state index in [1.54, 1.807) is 15.1 Å². The van der Waals surface area contributed by atoms with Crippen LogP contribution in [0.5, 0.6) is 0 Å². The van der Waals surface area contributed by atoms with E-state index in [1.807, 2.05) is 18.5 Å². The van der Waals surface area contributed by atoms with Gasteiger partial charge in [-0.05, 0) is 12.1 Å². The molecule has 0 spiro atoms. The number of fused-ring (bicyclic) bond motifs is 1. The first kappa shape index (κ1) is 9.02. The SMILES string of the molecule is [B]1N[B]NB([n+]2c[nH]c3ccccc32)N1. The van der Waals surface area contributed by atoms with Crippen LogP contribution in [0.1, 0.15) is 0 Å². The van der Waals surface area contributed by atoms with Gasteiger partial charge in [-0.1, -0.05) is 12.1 Å². The van der Waals surface area contributed by atoms with Crippen LogP contribution in [0, 0.1) is 0 Å². The number of aromatic nitrogens is 2. The molecule has 70 valence electrons. The number of aromatic amines is 1. The maximum atomic E-state index is 3.22. The van der Waals surface area contributed by atoms with Gasteiger partial charge in [0.1, 0.15) is 0 Å². The summed E-state index contributed by atoms with van der Waals surface area (Å²) in [6.45, 7) is 0. The van der Waals surface area contributed by atoms with E-state index < -0.39 is 0 Å². The van der Waals surface area contributed by atoms with Gasteiger partial charge in [0.25, 0.3) is 15.1 Å². The molecule has 5 nitrogen and oxygen atoms in total. The normalized spacial score (nSPS) is 16.1. The highest BCUT2D eigenvalue weighted by molar-refractivity contribution is 6.71. The van der Waals surface area contributed by atoms with E-state index in [4.69, 9.17) is 0 Å². The molecule has 1 aliphatic rings. The Labute approximate surface area is 89.4 Å². The van der Waals surface area contributed by atoms with E-state index in [9.17, 15) is 0 Å². The fraction of sp³-hybridized carbons (Fsp3) is 0. The molecule has 0 aliphatic carbocycles. The molecule has 0 bridgehead atoms. The highest BCUT2D eigenvalue weighted by Crippen LogP contribution is 2.04. The number of para-hydroxylation sites is 2. The number of H-pyrrole nitrogens is 1. The molecule has 8 heteroatoms. The van der Waals surface area contributed by atoms with E-state index in [0.717, 1.165) is 11.0 Å². The van der Waals surface area contributed by atoms with Crippen LogP contribution >= 0.6 is 0 Å². The molecule has 0 saturated carbocycles. The minimum Gasteiger partial charge on any atom is -0.379 e. The molecular formula is C7H9B3N5+. The molecule has 2 radical (unpaired) electrons. The molecule has 1 aromatic carbocycles. The highest BCUT2D eigenvalue weighted by Gasteiger charge is 2.29. The van der Waals surface area contributed by atoms with E-state index >= 15 is 0 Å². The largest absolute Gasteiger partial charge is 0.538 e. The van der Waals surface area contributed by atoms with Crippen LogP contribution < -0.4 is 19.9 Å². The van der Waals surface area contributed by atoms with Gasteiger partial charge in [-0.25, -0.2) is 4.98 Å². The van der Waals surface area contributed by atoms with Crippen LogP contribution in [0.25, 0.3) is 11.0 Å². The maximum Gasteiger partial charge on any atom is 0.538 e. The first-order valence-electron chi connectivity index (χ1n) is 4.84. The summed E-state index contributed by atoms with van der Waals surface area (Å²) in [5, 5.41) is 9.29. The zero-order chi connectivity index (χ0) is 10.1. The summed E-state index contributed by atoms with van der Waals surface area (Å²) < 4.78 is 2.10. The second kappa shape index (κ2) is 3.73. The van der Waals surface area contributed by atoms with Crippen molar-refractivity contribution < 1.29 is 4.48 Å². The third kappa shape index (κ3) is 1.56. The Kier molecular flexibility index (Phi) is 2.24. The molecule has 3 rings (SSSR count). The lowest BCUT2D eigenvalue weighted by molar-refractivity contribution is -0.511. The Hall–Kier alpha value is -1.24.